The molecule has 2 heterocycles. The van der Waals surface area contributed by atoms with Crippen molar-refractivity contribution >= 4 is 44.7 Å². The highest BCUT2D eigenvalue weighted by Crippen LogP contribution is 2.37. The van der Waals surface area contributed by atoms with Gasteiger partial charge in [-0.15, -0.1) is 0 Å². The quantitative estimate of drug-likeness (QED) is 0.275. The lowest BCUT2D eigenvalue weighted by molar-refractivity contribution is 0.404. The number of nitrogens with zero attached hydrogens (tertiary/aromatic N) is 2. The molecule has 0 saturated heterocycles. The maximum Gasteiger partial charge on any atom is 0.183 e. The monoisotopic (exact) mass is 504 g/mol. The molecule has 1 aromatic carbocycles. The van der Waals surface area contributed by atoms with Crippen LogP contribution in [0.4, 0.5) is 10.8 Å². The lowest BCUT2D eigenvalue weighted by Crippen LogP contribution is -2.17. The van der Waals surface area contributed by atoms with E-state index in [1.165, 1.54) is 38.5 Å². The third kappa shape index (κ3) is 5.86. The van der Waals surface area contributed by atoms with Crippen molar-refractivity contribution in [1.82, 2.24) is 9.97 Å². The van der Waals surface area contributed by atoms with Gasteiger partial charge < -0.3 is 10.1 Å². The number of pyridine rings is 1. The second kappa shape index (κ2) is 10.8. The number of rotatable bonds is 7. The number of methoxy groups -OCH3 is 1. The van der Waals surface area contributed by atoms with E-state index in [4.69, 9.17) is 21.3 Å². The zero-order chi connectivity index (χ0) is 23.4. The Labute approximate surface area is 206 Å². The van der Waals surface area contributed by atoms with Crippen molar-refractivity contribution < 1.29 is 8.95 Å². The van der Waals surface area contributed by atoms with Crippen LogP contribution in [0.2, 0.25) is 5.15 Å². The van der Waals surface area contributed by atoms with Gasteiger partial charge in [-0.1, -0.05) is 48.6 Å². The Balaban J connectivity index is 1.58. The first-order chi connectivity index (χ1) is 15.9. The first-order valence-electron chi connectivity index (χ1n) is 11.2. The van der Waals surface area contributed by atoms with E-state index in [0.29, 0.717) is 27.5 Å². The van der Waals surface area contributed by atoms with Crippen LogP contribution in [0, 0.1) is 13.8 Å². The number of hydrogen-bond donors (Lipinski definition) is 2. The van der Waals surface area contributed by atoms with Gasteiger partial charge in [-0.3, -0.25) is 4.72 Å². The normalized spacial score (nSPS) is 15.6. The average Bonchev–Trinajstić information content (AvgIpc) is 2.98. The highest BCUT2D eigenvalue weighted by molar-refractivity contribution is 7.86. The summed E-state index contributed by atoms with van der Waals surface area (Å²) in [5, 5.41) is 5.00. The van der Waals surface area contributed by atoms with Crippen molar-refractivity contribution in [2.45, 2.75) is 63.3 Å². The van der Waals surface area contributed by atoms with Gasteiger partial charge in [0.2, 0.25) is 0 Å². The minimum Gasteiger partial charge on any atom is -0.495 e. The Hall–Kier alpha value is -2.16. The van der Waals surface area contributed by atoms with Gasteiger partial charge in [0, 0.05) is 6.04 Å². The molecular formula is C24H29ClN4O2S2. The molecule has 3 aromatic rings. The number of aryl methyl sites for hydroxylation is 2. The third-order valence-electron chi connectivity index (χ3n) is 5.89. The van der Waals surface area contributed by atoms with Gasteiger partial charge in [-0.05, 0) is 62.1 Å². The summed E-state index contributed by atoms with van der Waals surface area (Å²) in [4.78, 5) is 10.5. The van der Waals surface area contributed by atoms with E-state index in [-0.39, 0.29) is 0 Å². The first kappa shape index (κ1) is 24.0. The van der Waals surface area contributed by atoms with Gasteiger partial charge in [0.05, 0.1) is 29.6 Å². The van der Waals surface area contributed by atoms with Crippen LogP contribution < -0.4 is 14.8 Å². The fraction of sp³-hybridized carbons (Fsp3) is 0.417. The van der Waals surface area contributed by atoms with E-state index in [2.05, 4.69) is 15.0 Å². The number of halogens is 1. The van der Waals surface area contributed by atoms with Gasteiger partial charge in [-0.25, -0.2) is 14.2 Å². The van der Waals surface area contributed by atoms with Gasteiger partial charge in [0.25, 0.3) is 0 Å². The lowest BCUT2D eigenvalue weighted by Gasteiger charge is -2.14. The molecule has 176 valence electrons. The van der Waals surface area contributed by atoms with Crippen LogP contribution in [-0.4, -0.2) is 27.3 Å². The summed E-state index contributed by atoms with van der Waals surface area (Å²) in [6.45, 7) is 3.91. The standard InChI is InChI=1S/C24H29ClN4O2S2/c1-15-12-22(25)26-14-19(15)29-33(30)21-13-17(10-11-20(21)31-3)23-16(2)27-24(32-23)28-18-8-6-4-5-7-9-18/h10-14,18,29H,4-9H2,1-3H3,(H,27,28). The second-order valence-corrected chi connectivity index (χ2v) is 10.9. The predicted octanol–water partition coefficient (Wildman–Crippen LogP) is 6.75. The van der Waals surface area contributed by atoms with Crippen molar-refractivity contribution in [1.29, 1.82) is 0 Å². The largest absolute Gasteiger partial charge is 0.495 e. The van der Waals surface area contributed by atoms with Crippen molar-refractivity contribution in [3.05, 3.63) is 46.9 Å². The topological polar surface area (TPSA) is 76.1 Å². The number of benzene rings is 1. The Kier molecular flexibility index (Phi) is 7.88. The molecule has 1 saturated carbocycles. The third-order valence-corrected chi connectivity index (χ3v) is 8.35. The van der Waals surface area contributed by atoms with Gasteiger partial charge >= 0.3 is 0 Å². The molecule has 1 aliphatic carbocycles. The van der Waals surface area contributed by atoms with Crippen LogP contribution in [0.1, 0.15) is 49.8 Å². The molecule has 0 bridgehead atoms. The summed E-state index contributed by atoms with van der Waals surface area (Å²) >= 11 is 7.60. The van der Waals surface area contributed by atoms with Crippen LogP contribution in [-0.2, 0) is 11.0 Å². The first-order valence-corrected chi connectivity index (χ1v) is 13.5. The highest BCUT2D eigenvalue weighted by atomic mass is 35.5. The molecule has 0 aliphatic heterocycles. The minimum atomic E-state index is -1.54. The van der Waals surface area contributed by atoms with E-state index in [9.17, 15) is 4.21 Å². The smallest absolute Gasteiger partial charge is 0.183 e. The summed E-state index contributed by atoms with van der Waals surface area (Å²) in [6.07, 6.45) is 9.19. The van der Waals surface area contributed by atoms with Crippen molar-refractivity contribution in [3.8, 4) is 16.2 Å². The number of thiazole rings is 1. The SMILES string of the molecule is COc1ccc(-c2sc(NC3CCCCCC3)nc2C)cc1S(=O)Nc1cnc(Cl)cc1C. The van der Waals surface area contributed by atoms with E-state index in [1.54, 1.807) is 30.7 Å². The van der Waals surface area contributed by atoms with E-state index in [0.717, 1.165) is 26.8 Å². The van der Waals surface area contributed by atoms with Crippen LogP contribution in [0.25, 0.3) is 10.4 Å². The van der Waals surface area contributed by atoms with Crippen LogP contribution >= 0.6 is 22.9 Å². The van der Waals surface area contributed by atoms with Crippen LogP contribution in [0.3, 0.4) is 0 Å². The van der Waals surface area contributed by atoms with Crippen LogP contribution in [0.15, 0.2) is 35.4 Å². The molecule has 1 atom stereocenters. The van der Waals surface area contributed by atoms with E-state index >= 15 is 0 Å². The van der Waals surface area contributed by atoms with Gasteiger partial charge in [-0.2, -0.15) is 0 Å². The van der Waals surface area contributed by atoms with Gasteiger partial charge in [0.1, 0.15) is 15.8 Å². The fourth-order valence-corrected chi connectivity index (χ4v) is 6.41. The van der Waals surface area contributed by atoms with Gasteiger partial charge in [0.15, 0.2) is 16.1 Å². The lowest BCUT2D eigenvalue weighted by atomic mass is 10.1. The fourth-order valence-electron chi connectivity index (χ4n) is 4.07. The summed E-state index contributed by atoms with van der Waals surface area (Å²) in [5.41, 5.74) is 3.46. The Morgan fingerprint density at radius 1 is 1.15 bits per heavy atom. The molecule has 9 heteroatoms. The summed E-state index contributed by atoms with van der Waals surface area (Å²) < 4.78 is 21.8. The molecule has 33 heavy (non-hydrogen) atoms. The molecule has 6 nitrogen and oxygen atoms in total. The Morgan fingerprint density at radius 2 is 1.91 bits per heavy atom. The predicted molar refractivity (Wildman–Crippen MR) is 138 cm³/mol. The molecule has 4 rings (SSSR count). The number of hydrogen-bond acceptors (Lipinski definition) is 6. The molecule has 2 N–H and O–H groups in total. The maximum absolute atomic E-state index is 13.2. The Bertz CT molecular complexity index is 1140. The molecule has 2 aromatic heterocycles. The summed E-state index contributed by atoms with van der Waals surface area (Å²) in [7, 11) is 0.0372. The minimum absolute atomic E-state index is 0.400. The highest BCUT2D eigenvalue weighted by Gasteiger charge is 2.19. The number of ether oxygens (including phenoxy) is 1. The van der Waals surface area contributed by atoms with E-state index in [1.807, 2.05) is 32.0 Å². The summed E-state index contributed by atoms with van der Waals surface area (Å²) in [5.74, 6) is 0.558. The second-order valence-electron chi connectivity index (χ2n) is 8.32. The van der Waals surface area contributed by atoms with E-state index < -0.39 is 11.0 Å². The number of aromatic nitrogens is 2. The number of anilines is 2. The molecular weight excluding hydrogens is 476 g/mol. The number of nitrogens with one attached hydrogen (secondary N) is 2. The summed E-state index contributed by atoms with van der Waals surface area (Å²) in [6, 6.07) is 7.99. The molecule has 0 spiro atoms. The maximum atomic E-state index is 13.2. The van der Waals surface area contributed by atoms with Crippen molar-refractivity contribution in [3.63, 3.8) is 0 Å². The van der Waals surface area contributed by atoms with Crippen molar-refractivity contribution in [2.24, 2.45) is 0 Å². The van der Waals surface area contributed by atoms with Crippen LogP contribution in [0.5, 0.6) is 5.75 Å². The Morgan fingerprint density at radius 3 is 2.61 bits per heavy atom. The zero-order valence-electron chi connectivity index (χ0n) is 19.1. The molecule has 1 fully saturated rings. The van der Waals surface area contributed by atoms with Crippen molar-refractivity contribution in [2.75, 3.05) is 17.1 Å². The zero-order valence-corrected chi connectivity index (χ0v) is 21.5. The molecule has 1 aliphatic rings. The average molecular weight is 505 g/mol. The molecule has 0 radical (unpaired) electrons. The molecule has 1 unspecified atom stereocenters. The molecule has 0 amide bonds.